The lowest BCUT2D eigenvalue weighted by Crippen LogP contribution is -2.18. The molecule has 1 aliphatic rings. The largest absolute Gasteiger partial charge is 0.481 e. The van der Waals surface area contributed by atoms with Gasteiger partial charge < -0.3 is 9.67 Å². The van der Waals surface area contributed by atoms with Crippen LogP contribution < -0.4 is 0 Å². The molecule has 1 fully saturated rings. The predicted molar refractivity (Wildman–Crippen MR) is 60.5 cm³/mol. The van der Waals surface area contributed by atoms with Crippen LogP contribution in [-0.4, -0.2) is 20.6 Å². The van der Waals surface area contributed by atoms with E-state index < -0.39 is 5.97 Å². The Labute approximate surface area is 95.3 Å². The molecule has 0 amide bonds. The Morgan fingerprint density at radius 2 is 2.31 bits per heavy atom. The first-order valence-corrected chi connectivity index (χ1v) is 5.87. The maximum absolute atomic E-state index is 10.8. The second-order valence-corrected chi connectivity index (χ2v) is 4.76. The molecular formula is C12H18N2O2. The minimum absolute atomic E-state index is 0.0187. The molecule has 0 radical (unpaired) electrons. The molecule has 88 valence electrons. The molecule has 0 saturated heterocycles. The Bertz CT molecular complexity index is 392. The van der Waals surface area contributed by atoms with Crippen molar-refractivity contribution in [3.05, 3.63) is 17.7 Å². The standard InChI is InChI=1S/C12H18N2O2/c1-8(2)14-10(9-4-3-5-9)7-13-11(14)6-12(15)16/h7-9H,3-6H2,1-2H3,(H,15,16). The summed E-state index contributed by atoms with van der Waals surface area (Å²) in [5, 5.41) is 8.84. The second-order valence-electron chi connectivity index (χ2n) is 4.76. The number of carboxylic acid groups (broad SMARTS) is 1. The van der Waals surface area contributed by atoms with Gasteiger partial charge in [0.05, 0.1) is 0 Å². The van der Waals surface area contributed by atoms with Crippen LogP contribution in [0, 0.1) is 0 Å². The van der Waals surface area contributed by atoms with Gasteiger partial charge in [-0.15, -0.1) is 0 Å². The third-order valence-electron chi connectivity index (χ3n) is 3.25. The summed E-state index contributed by atoms with van der Waals surface area (Å²) >= 11 is 0. The number of aromatic nitrogens is 2. The average Bonchev–Trinajstić information content (AvgIpc) is 2.44. The van der Waals surface area contributed by atoms with E-state index in [9.17, 15) is 4.79 Å². The van der Waals surface area contributed by atoms with Crippen molar-refractivity contribution in [2.24, 2.45) is 0 Å². The van der Waals surface area contributed by atoms with Gasteiger partial charge in [0.2, 0.25) is 0 Å². The summed E-state index contributed by atoms with van der Waals surface area (Å²) in [6.07, 6.45) is 5.59. The van der Waals surface area contributed by atoms with Crippen molar-refractivity contribution in [1.29, 1.82) is 0 Å². The zero-order chi connectivity index (χ0) is 11.7. The fourth-order valence-corrected chi connectivity index (χ4v) is 2.28. The first-order valence-electron chi connectivity index (χ1n) is 5.87. The number of carboxylic acids is 1. The molecule has 2 rings (SSSR count). The molecule has 1 heterocycles. The fraction of sp³-hybridized carbons (Fsp3) is 0.667. The number of nitrogens with zero attached hydrogens (tertiary/aromatic N) is 2. The maximum atomic E-state index is 10.8. The Balaban J connectivity index is 2.30. The van der Waals surface area contributed by atoms with Crippen molar-refractivity contribution in [3.63, 3.8) is 0 Å². The van der Waals surface area contributed by atoms with Crippen LogP contribution in [0.5, 0.6) is 0 Å². The van der Waals surface area contributed by atoms with Crippen molar-refractivity contribution in [2.75, 3.05) is 0 Å². The summed E-state index contributed by atoms with van der Waals surface area (Å²) in [5.74, 6) is 0.467. The van der Waals surface area contributed by atoms with E-state index in [4.69, 9.17) is 5.11 Å². The number of aliphatic carboxylic acids is 1. The quantitative estimate of drug-likeness (QED) is 0.850. The van der Waals surface area contributed by atoms with Gasteiger partial charge in [0.15, 0.2) is 0 Å². The minimum Gasteiger partial charge on any atom is -0.481 e. The lowest BCUT2D eigenvalue weighted by atomic mass is 9.83. The van der Waals surface area contributed by atoms with Crippen molar-refractivity contribution in [2.45, 2.75) is 51.5 Å². The molecule has 1 N–H and O–H groups in total. The number of carbonyl (C=O) groups is 1. The molecule has 1 aromatic rings. The van der Waals surface area contributed by atoms with Crippen LogP contribution >= 0.6 is 0 Å². The van der Waals surface area contributed by atoms with Gasteiger partial charge in [0.25, 0.3) is 0 Å². The molecule has 0 spiro atoms. The summed E-state index contributed by atoms with van der Waals surface area (Å²) in [4.78, 5) is 15.0. The van der Waals surface area contributed by atoms with E-state index in [1.807, 2.05) is 6.20 Å². The molecule has 4 heteroatoms. The fourth-order valence-electron chi connectivity index (χ4n) is 2.28. The Kier molecular flexibility index (Phi) is 2.99. The highest BCUT2D eigenvalue weighted by atomic mass is 16.4. The predicted octanol–water partition coefficient (Wildman–Crippen LogP) is 2.36. The number of hydrogen-bond donors (Lipinski definition) is 1. The zero-order valence-electron chi connectivity index (χ0n) is 9.81. The molecule has 1 aromatic heterocycles. The third-order valence-corrected chi connectivity index (χ3v) is 3.25. The third kappa shape index (κ3) is 1.96. The van der Waals surface area contributed by atoms with Crippen molar-refractivity contribution >= 4 is 5.97 Å². The molecule has 0 aromatic carbocycles. The first kappa shape index (κ1) is 11.2. The number of imidazole rings is 1. The van der Waals surface area contributed by atoms with Gasteiger partial charge in [0, 0.05) is 23.9 Å². The van der Waals surface area contributed by atoms with Gasteiger partial charge in [-0.3, -0.25) is 4.79 Å². The lowest BCUT2D eigenvalue weighted by Gasteiger charge is -2.28. The number of hydrogen-bond acceptors (Lipinski definition) is 2. The van der Waals surface area contributed by atoms with E-state index in [-0.39, 0.29) is 12.5 Å². The topological polar surface area (TPSA) is 55.1 Å². The van der Waals surface area contributed by atoms with Crippen LogP contribution in [0.15, 0.2) is 6.20 Å². The highest BCUT2D eigenvalue weighted by Gasteiger charge is 2.26. The van der Waals surface area contributed by atoms with Gasteiger partial charge in [-0.1, -0.05) is 6.42 Å². The van der Waals surface area contributed by atoms with Crippen LogP contribution in [0.3, 0.4) is 0 Å². The van der Waals surface area contributed by atoms with Crippen LogP contribution in [0.4, 0.5) is 0 Å². The van der Waals surface area contributed by atoms with E-state index in [1.54, 1.807) is 0 Å². The van der Waals surface area contributed by atoms with Gasteiger partial charge >= 0.3 is 5.97 Å². The van der Waals surface area contributed by atoms with Crippen molar-refractivity contribution in [1.82, 2.24) is 9.55 Å². The molecule has 1 aliphatic carbocycles. The highest BCUT2D eigenvalue weighted by molar-refractivity contribution is 5.69. The van der Waals surface area contributed by atoms with Crippen LogP contribution in [0.25, 0.3) is 0 Å². The summed E-state index contributed by atoms with van der Waals surface area (Å²) in [6, 6.07) is 0.285. The van der Waals surface area contributed by atoms with Crippen LogP contribution in [-0.2, 0) is 11.2 Å². The van der Waals surface area contributed by atoms with E-state index in [0.29, 0.717) is 11.7 Å². The Morgan fingerprint density at radius 3 is 2.75 bits per heavy atom. The van der Waals surface area contributed by atoms with Gasteiger partial charge in [0.1, 0.15) is 12.2 Å². The van der Waals surface area contributed by atoms with Gasteiger partial charge in [-0.25, -0.2) is 4.98 Å². The average molecular weight is 222 g/mol. The first-order chi connectivity index (χ1) is 7.59. The van der Waals surface area contributed by atoms with Gasteiger partial charge in [-0.2, -0.15) is 0 Å². The highest BCUT2D eigenvalue weighted by Crippen LogP contribution is 2.37. The smallest absolute Gasteiger partial charge is 0.311 e. The molecule has 4 nitrogen and oxygen atoms in total. The summed E-state index contributed by atoms with van der Waals surface area (Å²) < 4.78 is 2.10. The normalized spacial score (nSPS) is 16.4. The van der Waals surface area contributed by atoms with Gasteiger partial charge in [-0.05, 0) is 26.7 Å². The lowest BCUT2D eigenvalue weighted by molar-refractivity contribution is -0.136. The van der Waals surface area contributed by atoms with Crippen LogP contribution in [0.2, 0.25) is 0 Å². The molecule has 0 aliphatic heterocycles. The molecule has 16 heavy (non-hydrogen) atoms. The van der Waals surface area contributed by atoms with Crippen molar-refractivity contribution in [3.8, 4) is 0 Å². The molecule has 0 unspecified atom stereocenters. The molecule has 1 saturated carbocycles. The van der Waals surface area contributed by atoms with Crippen LogP contribution in [0.1, 0.15) is 56.6 Å². The summed E-state index contributed by atoms with van der Waals surface area (Å²) in [5.41, 5.74) is 1.22. The minimum atomic E-state index is -0.812. The van der Waals surface area contributed by atoms with E-state index in [0.717, 1.165) is 0 Å². The van der Waals surface area contributed by atoms with Crippen molar-refractivity contribution < 1.29 is 9.90 Å². The Hall–Kier alpha value is -1.32. The summed E-state index contributed by atoms with van der Waals surface area (Å²) in [7, 11) is 0. The molecule has 0 bridgehead atoms. The molecule has 0 atom stereocenters. The second kappa shape index (κ2) is 4.28. The SMILES string of the molecule is CC(C)n1c(C2CCC2)cnc1CC(=O)O. The number of rotatable bonds is 4. The zero-order valence-corrected chi connectivity index (χ0v) is 9.81. The maximum Gasteiger partial charge on any atom is 0.311 e. The van der Waals surface area contributed by atoms with E-state index >= 15 is 0 Å². The van der Waals surface area contributed by atoms with E-state index in [2.05, 4.69) is 23.4 Å². The van der Waals surface area contributed by atoms with E-state index in [1.165, 1.54) is 25.0 Å². The Morgan fingerprint density at radius 1 is 1.62 bits per heavy atom. The summed E-state index contributed by atoms with van der Waals surface area (Å²) in [6.45, 7) is 4.16. The molecular weight excluding hydrogens is 204 g/mol. The monoisotopic (exact) mass is 222 g/mol.